The van der Waals surface area contributed by atoms with Gasteiger partial charge >= 0.3 is 12.0 Å². The average molecular weight is 394 g/mol. The lowest BCUT2D eigenvalue weighted by Gasteiger charge is -2.50. The van der Waals surface area contributed by atoms with E-state index in [1.165, 1.54) is 11.9 Å². The molecule has 10 heteroatoms. The molecule has 3 amide bonds. The number of methoxy groups -OCH3 is 1. The number of thioether (sulfide) groups is 1. The Hall–Kier alpha value is -2.30. The summed E-state index contributed by atoms with van der Waals surface area (Å²) in [5, 5.41) is 15.2. The van der Waals surface area contributed by atoms with Gasteiger partial charge in [0.05, 0.1) is 36.5 Å². The maximum absolute atomic E-state index is 12.7. The van der Waals surface area contributed by atoms with Crippen molar-refractivity contribution in [3.63, 3.8) is 0 Å². The van der Waals surface area contributed by atoms with Crippen LogP contribution in [-0.2, 0) is 9.59 Å². The zero-order valence-corrected chi connectivity index (χ0v) is 16.0. The molecule has 1 aromatic carbocycles. The number of hydrogen-bond donors (Lipinski definition) is 3. The lowest BCUT2D eigenvalue weighted by atomic mass is 9.95. The molecule has 0 aromatic heterocycles. The summed E-state index contributed by atoms with van der Waals surface area (Å²) >= 11 is 1.14. The molecule has 3 rings (SSSR count). The highest BCUT2D eigenvalue weighted by molar-refractivity contribution is 8.00. The Morgan fingerprint density at radius 2 is 1.96 bits per heavy atom. The Morgan fingerprint density at radius 3 is 2.63 bits per heavy atom. The summed E-state index contributed by atoms with van der Waals surface area (Å²) in [6.07, 6.45) is -0.983. The van der Waals surface area contributed by atoms with Crippen LogP contribution in [0.2, 0.25) is 0 Å². The van der Waals surface area contributed by atoms with Crippen molar-refractivity contribution >= 4 is 29.7 Å². The van der Waals surface area contributed by atoms with Gasteiger partial charge in [0.2, 0.25) is 5.91 Å². The van der Waals surface area contributed by atoms with Gasteiger partial charge in [-0.05, 0) is 6.07 Å². The normalized spacial score (nSPS) is 28.1. The van der Waals surface area contributed by atoms with E-state index in [0.717, 1.165) is 22.2 Å². The van der Waals surface area contributed by atoms with Crippen molar-refractivity contribution in [3.05, 3.63) is 29.8 Å². The van der Waals surface area contributed by atoms with Gasteiger partial charge in [-0.15, -0.1) is 11.8 Å². The van der Waals surface area contributed by atoms with Crippen LogP contribution >= 0.6 is 11.8 Å². The van der Waals surface area contributed by atoms with Crippen LogP contribution in [0.25, 0.3) is 0 Å². The maximum atomic E-state index is 12.7. The average Bonchev–Trinajstić information content (AvgIpc) is 2.68. The summed E-state index contributed by atoms with van der Waals surface area (Å²) in [7, 11) is 4.62. The number of fused-ring (bicyclic) bond motifs is 1. The maximum Gasteiger partial charge on any atom is 0.327 e. The Morgan fingerprint density at radius 1 is 1.26 bits per heavy atom. The minimum absolute atomic E-state index is 0.159. The van der Waals surface area contributed by atoms with Gasteiger partial charge < -0.3 is 14.7 Å². The number of nitrogens with one attached hydrogen (secondary N) is 2. The van der Waals surface area contributed by atoms with Gasteiger partial charge in [-0.1, -0.05) is 18.2 Å². The summed E-state index contributed by atoms with van der Waals surface area (Å²) in [6, 6.07) is 7.00. The summed E-state index contributed by atoms with van der Waals surface area (Å²) in [5.74, 6) is -1.44. The van der Waals surface area contributed by atoms with Crippen LogP contribution in [0.4, 0.5) is 4.79 Å². The fourth-order valence-corrected chi connectivity index (χ4v) is 4.47. The van der Waals surface area contributed by atoms with Gasteiger partial charge in [0.25, 0.3) is 0 Å². The molecule has 27 heavy (non-hydrogen) atoms. The molecule has 2 heterocycles. The third kappa shape index (κ3) is 3.60. The van der Waals surface area contributed by atoms with E-state index >= 15 is 0 Å². The van der Waals surface area contributed by atoms with Crippen molar-refractivity contribution in [2.45, 2.75) is 17.7 Å². The molecule has 0 aliphatic carbocycles. The molecule has 146 valence electrons. The molecule has 3 N–H and O–H groups in total. The minimum Gasteiger partial charge on any atom is -0.496 e. The number of hydrogen-bond acceptors (Lipinski definition) is 7. The van der Waals surface area contributed by atoms with Crippen LogP contribution in [0.1, 0.15) is 11.7 Å². The SMILES string of the molecule is COc1ccccc1C1NC(SCC(=O)O)C2C(=O)N(C)C(=O)N(C)C2N1. The summed E-state index contributed by atoms with van der Waals surface area (Å²) in [4.78, 5) is 38.7. The van der Waals surface area contributed by atoms with E-state index in [1.54, 1.807) is 14.2 Å². The number of amides is 3. The highest BCUT2D eigenvalue weighted by atomic mass is 32.2. The number of carboxylic acids is 1. The molecule has 2 saturated heterocycles. The van der Waals surface area contributed by atoms with Gasteiger partial charge in [-0.3, -0.25) is 25.1 Å². The molecule has 2 aliphatic heterocycles. The van der Waals surface area contributed by atoms with Crippen molar-refractivity contribution in [2.75, 3.05) is 27.0 Å². The quantitative estimate of drug-likeness (QED) is 0.662. The molecular formula is C17H22N4O5S. The first-order valence-corrected chi connectivity index (χ1v) is 9.42. The lowest BCUT2D eigenvalue weighted by Crippen LogP contribution is -2.72. The number of aliphatic carboxylic acids is 1. The number of urea groups is 1. The third-order valence-corrected chi connectivity index (χ3v) is 5.99. The number of para-hydroxylation sites is 1. The minimum atomic E-state index is -0.966. The number of nitrogens with zero attached hydrogens (tertiary/aromatic N) is 2. The zero-order valence-electron chi connectivity index (χ0n) is 15.2. The predicted molar refractivity (Wildman–Crippen MR) is 99.1 cm³/mol. The second kappa shape index (κ2) is 7.75. The first-order chi connectivity index (χ1) is 12.8. The van der Waals surface area contributed by atoms with Crippen LogP contribution < -0.4 is 15.4 Å². The number of carbonyl (C=O) groups excluding carboxylic acids is 2. The first-order valence-electron chi connectivity index (χ1n) is 8.38. The van der Waals surface area contributed by atoms with Gasteiger partial charge in [0.15, 0.2) is 0 Å². The highest BCUT2D eigenvalue weighted by Gasteiger charge is 2.51. The third-order valence-electron chi connectivity index (χ3n) is 4.79. The van der Waals surface area contributed by atoms with Crippen LogP contribution in [-0.4, -0.2) is 71.3 Å². The van der Waals surface area contributed by atoms with E-state index in [-0.39, 0.29) is 11.7 Å². The zero-order chi connectivity index (χ0) is 19.7. The molecule has 2 aliphatic rings. The smallest absolute Gasteiger partial charge is 0.327 e. The summed E-state index contributed by atoms with van der Waals surface area (Å²) < 4.78 is 5.42. The van der Waals surface area contributed by atoms with E-state index in [2.05, 4.69) is 10.6 Å². The Labute approximate surface area is 161 Å². The highest BCUT2D eigenvalue weighted by Crippen LogP contribution is 2.36. The second-order valence-corrected chi connectivity index (χ2v) is 7.52. The number of carboxylic acid groups (broad SMARTS) is 1. The number of carbonyl (C=O) groups is 3. The van der Waals surface area contributed by atoms with E-state index < -0.39 is 35.6 Å². The van der Waals surface area contributed by atoms with Gasteiger partial charge in [0.1, 0.15) is 5.75 Å². The van der Waals surface area contributed by atoms with E-state index in [1.807, 2.05) is 24.3 Å². The van der Waals surface area contributed by atoms with Crippen molar-refractivity contribution in [1.82, 2.24) is 20.4 Å². The number of benzene rings is 1. The number of rotatable bonds is 5. The van der Waals surface area contributed by atoms with Crippen molar-refractivity contribution in [3.8, 4) is 5.75 Å². The fraction of sp³-hybridized carbons (Fsp3) is 0.471. The predicted octanol–water partition coefficient (Wildman–Crippen LogP) is 0.497. The second-order valence-electron chi connectivity index (χ2n) is 6.39. The molecular weight excluding hydrogens is 372 g/mol. The molecule has 1 aromatic rings. The Bertz CT molecular complexity index is 761. The van der Waals surface area contributed by atoms with Crippen molar-refractivity contribution in [2.24, 2.45) is 5.92 Å². The molecule has 0 bridgehead atoms. The van der Waals surface area contributed by atoms with Gasteiger partial charge in [0, 0.05) is 19.7 Å². The monoisotopic (exact) mass is 394 g/mol. The fourth-order valence-electron chi connectivity index (χ4n) is 3.44. The molecule has 0 spiro atoms. The molecule has 2 fully saturated rings. The molecule has 4 unspecified atom stereocenters. The van der Waals surface area contributed by atoms with Crippen molar-refractivity contribution in [1.29, 1.82) is 0 Å². The van der Waals surface area contributed by atoms with E-state index in [9.17, 15) is 14.4 Å². The summed E-state index contributed by atoms with van der Waals surface area (Å²) in [5.41, 5.74) is 0.812. The van der Waals surface area contributed by atoms with Crippen LogP contribution in [0, 0.1) is 5.92 Å². The molecule has 0 saturated carbocycles. The number of ether oxygens (including phenoxy) is 1. The number of imide groups is 1. The lowest BCUT2D eigenvalue weighted by molar-refractivity contribution is -0.140. The van der Waals surface area contributed by atoms with E-state index in [4.69, 9.17) is 9.84 Å². The van der Waals surface area contributed by atoms with E-state index in [0.29, 0.717) is 5.75 Å². The summed E-state index contributed by atoms with van der Waals surface area (Å²) in [6.45, 7) is 0. The Balaban J connectivity index is 1.96. The van der Waals surface area contributed by atoms with Gasteiger partial charge in [-0.2, -0.15) is 0 Å². The topological polar surface area (TPSA) is 111 Å². The molecule has 9 nitrogen and oxygen atoms in total. The Kier molecular flexibility index (Phi) is 5.59. The van der Waals surface area contributed by atoms with Crippen molar-refractivity contribution < 1.29 is 24.2 Å². The standard InChI is InChI=1S/C17H22N4O5S/c1-20-14-12(16(24)21(2)17(20)25)15(27-8-11(22)23)19-13(18-14)9-6-4-5-7-10(9)26-3/h4-7,12-15,18-19H,8H2,1-3H3,(H,22,23). The molecule has 0 radical (unpaired) electrons. The first kappa shape index (κ1) is 19.5. The largest absolute Gasteiger partial charge is 0.496 e. The van der Waals surface area contributed by atoms with Crippen LogP contribution in [0.15, 0.2) is 24.3 Å². The van der Waals surface area contributed by atoms with Gasteiger partial charge in [-0.25, -0.2) is 4.79 Å². The van der Waals surface area contributed by atoms with Crippen LogP contribution in [0.5, 0.6) is 5.75 Å². The van der Waals surface area contributed by atoms with Crippen LogP contribution in [0.3, 0.4) is 0 Å². The molecule has 4 atom stereocenters.